The molecule has 1 unspecified atom stereocenters. The quantitative estimate of drug-likeness (QED) is 0.843. The van der Waals surface area contributed by atoms with E-state index in [1.165, 1.54) is 0 Å². The van der Waals surface area contributed by atoms with E-state index >= 15 is 0 Å². The highest BCUT2D eigenvalue weighted by Crippen LogP contribution is 2.14. The lowest BCUT2D eigenvalue weighted by Crippen LogP contribution is -2.46. The Hall–Kier alpha value is -1.56. The summed E-state index contributed by atoms with van der Waals surface area (Å²) in [6, 6.07) is 3.38. The summed E-state index contributed by atoms with van der Waals surface area (Å²) in [6.45, 7) is 6.11. The van der Waals surface area contributed by atoms with Gasteiger partial charge >= 0.3 is 12.0 Å². The van der Waals surface area contributed by atoms with Crippen molar-refractivity contribution < 1.29 is 14.7 Å². The second kappa shape index (κ2) is 7.13. The van der Waals surface area contributed by atoms with Crippen LogP contribution in [0.5, 0.6) is 0 Å². The number of hydrogen-bond donors (Lipinski definition) is 2. The van der Waals surface area contributed by atoms with Gasteiger partial charge < -0.3 is 15.3 Å². The van der Waals surface area contributed by atoms with Crippen molar-refractivity contribution in [2.45, 2.75) is 45.8 Å². The number of nitrogens with one attached hydrogen (secondary N) is 1. The monoisotopic (exact) mass is 284 g/mol. The molecular weight excluding hydrogens is 264 g/mol. The zero-order valence-corrected chi connectivity index (χ0v) is 12.2. The van der Waals surface area contributed by atoms with E-state index in [9.17, 15) is 9.59 Å². The number of carbonyl (C=O) groups is 2. The smallest absolute Gasteiger partial charge is 0.318 e. The maximum Gasteiger partial charge on any atom is 0.318 e. The van der Waals surface area contributed by atoms with E-state index < -0.39 is 5.97 Å². The summed E-state index contributed by atoms with van der Waals surface area (Å²) in [7, 11) is 0. The second-order valence-electron chi connectivity index (χ2n) is 4.75. The molecule has 0 aromatic carbocycles. The van der Waals surface area contributed by atoms with Gasteiger partial charge in [0.15, 0.2) is 0 Å². The SMILES string of the molecule is CC(CC(=O)O)NC(=O)N(Cc1cccs1)C(C)C. The normalized spacial score (nSPS) is 12.2. The summed E-state index contributed by atoms with van der Waals surface area (Å²) in [4.78, 5) is 25.5. The van der Waals surface area contributed by atoms with Gasteiger partial charge in [0.05, 0.1) is 13.0 Å². The predicted molar refractivity (Wildman–Crippen MR) is 75.2 cm³/mol. The topological polar surface area (TPSA) is 69.6 Å². The molecule has 0 aliphatic carbocycles. The lowest BCUT2D eigenvalue weighted by atomic mass is 10.2. The third kappa shape index (κ3) is 5.30. The Morgan fingerprint density at radius 1 is 1.42 bits per heavy atom. The number of hydrogen-bond acceptors (Lipinski definition) is 3. The molecule has 1 heterocycles. The van der Waals surface area contributed by atoms with Crippen molar-refractivity contribution in [3.8, 4) is 0 Å². The van der Waals surface area contributed by atoms with Crippen LogP contribution in [0.4, 0.5) is 4.79 Å². The summed E-state index contributed by atoms with van der Waals surface area (Å²) in [5, 5.41) is 13.4. The number of amides is 2. The van der Waals surface area contributed by atoms with Crippen LogP contribution in [-0.2, 0) is 11.3 Å². The average Bonchev–Trinajstić information content (AvgIpc) is 2.76. The van der Waals surface area contributed by atoms with Crippen LogP contribution in [0.1, 0.15) is 32.1 Å². The van der Waals surface area contributed by atoms with Crippen LogP contribution in [0.2, 0.25) is 0 Å². The molecular formula is C13H20N2O3S. The van der Waals surface area contributed by atoms with Crippen LogP contribution in [0, 0.1) is 0 Å². The third-order valence-electron chi connectivity index (χ3n) is 2.64. The fourth-order valence-electron chi connectivity index (χ4n) is 1.67. The van der Waals surface area contributed by atoms with Crippen molar-refractivity contribution in [3.05, 3.63) is 22.4 Å². The van der Waals surface area contributed by atoms with E-state index in [0.717, 1.165) is 4.88 Å². The molecule has 0 radical (unpaired) electrons. The first-order chi connectivity index (χ1) is 8.90. The highest BCUT2D eigenvalue weighted by atomic mass is 32.1. The van der Waals surface area contributed by atoms with Crippen molar-refractivity contribution >= 4 is 23.3 Å². The number of carboxylic acids is 1. The van der Waals surface area contributed by atoms with E-state index in [-0.39, 0.29) is 24.5 Å². The molecule has 106 valence electrons. The summed E-state index contributed by atoms with van der Waals surface area (Å²) < 4.78 is 0. The fourth-order valence-corrected chi connectivity index (χ4v) is 2.37. The van der Waals surface area contributed by atoms with Gasteiger partial charge in [-0.15, -0.1) is 11.3 Å². The Morgan fingerprint density at radius 3 is 2.58 bits per heavy atom. The van der Waals surface area contributed by atoms with Crippen LogP contribution >= 0.6 is 11.3 Å². The van der Waals surface area contributed by atoms with E-state index in [2.05, 4.69) is 5.32 Å². The minimum Gasteiger partial charge on any atom is -0.481 e. The van der Waals surface area contributed by atoms with Crippen LogP contribution < -0.4 is 5.32 Å². The molecule has 1 aromatic rings. The van der Waals surface area contributed by atoms with Gasteiger partial charge in [-0.1, -0.05) is 6.07 Å². The van der Waals surface area contributed by atoms with Crippen LogP contribution in [-0.4, -0.2) is 34.1 Å². The van der Waals surface area contributed by atoms with Crippen LogP contribution in [0.15, 0.2) is 17.5 Å². The Labute approximate surface area is 117 Å². The highest BCUT2D eigenvalue weighted by Gasteiger charge is 2.20. The van der Waals surface area contributed by atoms with Gasteiger partial charge in [-0.2, -0.15) is 0 Å². The van der Waals surface area contributed by atoms with Crippen molar-refractivity contribution in [1.82, 2.24) is 10.2 Å². The minimum absolute atomic E-state index is 0.0547. The maximum absolute atomic E-state index is 12.1. The molecule has 6 heteroatoms. The van der Waals surface area contributed by atoms with E-state index in [4.69, 9.17) is 5.11 Å². The molecule has 0 aliphatic heterocycles. The molecule has 0 fully saturated rings. The van der Waals surface area contributed by atoms with Crippen molar-refractivity contribution in [1.29, 1.82) is 0 Å². The predicted octanol–water partition coefficient (Wildman–Crippen LogP) is 2.53. The van der Waals surface area contributed by atoms with Gasteiger partial charge in [-0.05, 0) is 32.2 Å². The Morgan fingerprint density at radius 2 is 2.11 bits per heavy atom. The van der Waals surface area contributed by atoms with Gasteiger partial charge in [0.2, 0.25) is 0 Å². The van der Waals surface area contributed by atoms with Gasteiger partial charge in [0.1, 0.15) is 0 Å². The molecule has 0 saturated heterocycles. The molecule has 0 bridgehead atoms. The standard InChI is InChI=1S/C13H20N2O3S/c1-9(2)15(8-11-5-4-6-19-11)13(18)14-10(3)7-12(16)17/h4-6,9-10H,7-8H2,1-3H3,(H,14,18)(H,16,17). The number of aliphatic carboxylic acids is 1. The molecule has 2 amide bonds. The number of carboxylic acid groups (broad SMARTS) is 1. The summed E-state index contributed by atoms with van der Waals surface area (Å²) in [6.07, 6.45) is -0.0727. The molecule has 0 saturated carbocycles. The number of nitrogens with zero attached hydrogens (tertiary/aromatic N) is 1. The highest BCUT2D eigenvalue weighted by molar-refractivity contribution is 7.09. The van der Waals surface area contributed by atoms with E-state index in [1.807, 2.05) is 31.4 Å². The molecule has 1 aromatic heterocycles. The molecule has 1 atom stereocenters. The van der Waals surface area contributed by atoms with E-state index in [1.54, 1.807) is 23.2 Å². The first kappa shape index (κ1) is 15.5. The van der Waals surface area contributed by atoms with Crippen molar-refractivity contribution in [2.75, 3.05) is 0 Å². The van der Waals surface area contributed by atoms with Crippen LogP contribution in [0.3, 0.4) is 0 Å². The van der Waals surface area contributed by atoms with Crippen molar-refractivity contribution in [2.24, 2.45) is 0 Å². The van der Waals surface area contributed by atoms with Gasteiger partial charge in [0.25, 0.3) is 0 Å². The number of thiophene rings is 1. The fraction of sp³-hybridized carbons (Fsp3) is 0.538. The molecule has 0 aliphatic rings. The molecule has 1 rings (SSSR count). The Balaban J connectivity index is 2.60. The minimum atomic E-state index is -0.915. The maximum atomic E-state index is 12.1. The lowest BCUT2D eigenvalue weighted by Gasteiger charge is -2.28. The first-order valence-electron chi connectivity index (χ1n) is 6.21. The number of rotatable bonds is 6. The van der Waals surface area contributed by atoms with Crippen molar-refractivity contribution in [3.63, 3.8) is 0 Å². The zero-order chi connectivity index (χ0) is 14.4. The number of urea groups is 1. The van der Waals surface area contributed by atoms with Gasteiger partial charge in [-0.3, -0.25) is 4.79 Å². The Kier molecular flexibility index (Phi) is 5.82. The van der Waals surface area contributed by atoms with Gasteiger partial charge in [-0.25, -0.2) is 4.79 Å². The first-order valence-corrected chi connectivity index (χ1v) is 7.09. The molecule has 5 nitrogen and oxygen atoms in total. The van der Waals surface area contributed by atoms with E-state index in [0.29, 0.717) is 6.54 Å². The largest absolute Gasteiger partial charge is 0.481 e. The summed E-state index contributed by atoms with van der Waals surface area (Å²) in [5.41, 5.74) is 0. The van der Waals surface area contributed by atoms with Crippen LogP contribution in [0.25, 0.3) is 0 Å². The molecule has 19 heavy (non-hydrogen) atoms. The molecule has 0 spiro atoms. The average molecular weight is 284 g/mol. The molecule has 2 N–H and O–H groups in total. The Bertz CT molecular complexity index is 418. The summed E-state index contributed by atoms with van der Waals surface area (Å²) >= 11 is 1.60. The van der Waals surface area contributed by atoms with Gasteiger partial charge in [0, 0.05) is 17.0 Å². The lowest BCUT2D eigenvalue weighted by molar-refractivity contribution is -0.137. The summed E-state index contributed by atoms with van der Waals surface area (Å²) in [5.74, 6) is -0.915. The third-order valence-corrected chi connectivity index (χ3v) is 3.50. The second-order valence-corrected chi connectivity index (χ2v) is 5.78. The zero-order valence-electron chi connectivity index (χ0n) is 11.4. The number of carbonyl (C=O) groups excluding carboxylic acids is 1.